The monoisotopic (exact) mass is 195 g/mol. The molecule has 0 aliphatic rings. The van der Waals surface area contributed by atoms with Crippen molar-refractivity contribution >= 4 is 7.60 Å². The van der Waals surface area contributed by atoms with Crippen molar-refractivity contribution < 1.29 is 14.4 Å². The second-order valence-corrected chi connectivity index (χ2v) is 4.98. The highest BCUT2D eigenvalue weighted by Crippen LogP contribution is 2.40. The summed E-state index contributed by atoms with van der Waals surface area (Å²) in [7, 11) is -3.88. The lowest BCUT2D eigenvalue weighted by Gasteiger charge is -2.22. The van der Waals surface area contributed by atoms with E-state index in [0.717, 1.165) is 13.1 Å². The molecule has 74 valence electrons. The molecule has 0 aliphatic carbocycles. The minimum atomic E-state index is -3.88. The topological polar surface area (TPSA) is 60.8 Å². The van der Waals surface area contributed by atoms with E-state index in [1.54, 1.807) is 6.92 Å². The number of hydrogen-bond acceptors (Lipinski definition) is 2. The molecule has 0 aromatic rings. The van der Waals surface area contributed by atoms with E-state index in [2.05, 4.69) is 0 Å². The molecule has 0 spiro atoms. The lowest BCUT2D eigenvalue weighted by atomic mass is 10.4. The first kappa shape index (κ1) is 12.1. The van der Waals surface area contributed by atoms with Gasteiger partial charge in [0, 0.05) is 6.54 Å². The molecule has 0 radical (unpaired) electrons. The average Bonchev–Trinajstić information content (AvgIpc) is 1.97. The smallest absolute Gasteiger partial charge is 0.324 e. The van der Waals surface area contributed by atoms with E-state index in [1.165, 1.54) is 0 Å². The van der Waals surface area contributed by atoms with Crippen LogP contribution in [0.3, 0.4) is 0 Å². The molecule has 1 atom stereocenters. The van der Waals surface area contributed by atoms with Gasteiger partial charge in [0.2, 0.25) is 0 Å². The van der Waals surface area contributed by atoms with Gasteiger partial charge >= 0.3 is 7.60 Å². The van der Waals surface area contributed by atoms with Crippen molar-refractivity contribution in [2.24, 2.45) is 0 Å². The van der Waals surface area contributed by atoms with E-state index in [4.69, 9.17) is 9.79 Å². The highest BCUT2D eigenvalue weighted by molar-refractivity contribution is 7.52. The minimum Gasteiger partial charge on any atom is -0.324 e. The lowest BCUT2D eigenvalue weighted by molar-refractivity contribution is 0.283. The summed E-state index contributed by atoms with van der Waals surface area (Å²) in [6.45, 7) is 7.68. The van der Waals surface area contributed by atoms with E-state index < -0.39 is 13.3 Å². The molecule has 0 aliphatic heterocycles. The van der Waals surface area contributed by atoms with Crippen molar-refractivity contribution in [3.63, 3.8) is 0 Å². The van der Waals surface area contributed by atoms with Crippen molar-refractivity contribution in [1.82, 2.24) is 4.90 Å². The standard InChI is InChI=1S/C7H18NO3P/c1-4-8(5-2)6-7(3)12(9,10)11/h7H,4-6H2,1-3H3,(H2,9,10,11). The zero-order chi connectivity index (χ0) is 9.78. The Kier molecular flexibility index (Phi) is 5.02. The summed E-state index contributed by atoms with van der Waals surface area (Å²) in [6.07, 6.45) is 0. The molecule has 0 amide bonds. The predicted octanol–water partition coefficient (Wildman–Crippen LogP) is 0.894. The Labute approximate surface area is 73.7 Å². The summed E-state index contributed by atoms with van der Waals surface area (Å²) in [5.41, 5.74) is -0.558. The molecule has 0 rings (SSSR count). The molecule has 0 heterocycles. The summed E-state index contributed by atoms with van der Waals surface area (Å²) in [4.78, 5) is 19.6. The third-order valence-corrected chi connectivity index (χ3v) is 3.30. The Bertz CT molecular complexity index is 164. The molecule has 12 heavy (non-hydrogen) atoms. The molecule has 2 N–H and O–H groups in total. The summed E-state index contributed by atoms with van der Waals surface area (Å²) in [5, 5.41) is 0. The highest BCUT2D eigenvalue weighted by atomic mass is 31.2. The molecule has 0 saturated carbocycles. The van der Waals surface area contributed by atoms with Crippen molar-refractivity contribution in [2.75, 3.05) is 19.6 Å². The van der Waals surface area contributed by atoms with Gasteiger partial charge in [-0.2, -0.15) is 0 Å². The molecule has 0 saturated heterocycles. The van der Waals surface area contributed by atoms with Crippen LogP contribution in [0, 0.1) is 0 Å². The fourth-order valence-electron chi connectivity index (χ4n) is 0.962. The maximum atomic E-state index is 10.8. The van der Waals surface area contributed by atoms with Crippen LogP contribution in [-0.2, 0) is 4.57 Å². The molecule has 5 heteroatoms. The van der Waals surface area contributed by atoms with E-state index in [1.807, 2.05) is 18.7 Å². The molecular formula is C7H18NO3P. The van der Waals surface area contributed by atoms with Crippen molar-refractivity contribution in [2.45, 2.75) is 26.4 Å². The minimum absolute atomic E-state index is 0.470. The summed E-state index contributed by atoms with van der Waals surface area (Å²) < 4.78 is 10.8. The zero-order valence-corrected chi connectivity index (χ0v) is 8.79. The number of nitrogens with zero attached hydrogens (tertiary/aromatic N) is 1. The third kappa shape index (κ3) is 4.21. The van der Waals surface area contributed by atoms with Crippen LogP contribution in [0.25, 0.3) is 0 Å². The molecule has 0 bridgehead atoms. The van der Waals surface area contributed by atoms with Crippen LogP contribution < -0.4 is 0 Å². The van der Waals surface area contributed by atoms with Gasteiger partial charge in [0.1, 0.15) is 0 Å². The van der Waals surface area contributed by atoms with Crippen LogP contribution in [0.15, 0.2) is 0 Å². The van der Waals surface area contributed by atoms with E-state index in [-0.39, 0.29) is 0 Å². The Hall–Kier alpha value is 0.110. The van der Waals surface area contributed by atoms with E-state index >= 15 is 0 Å². The average molecular weight is 195 g/mol. The third-order valence-electron chi connectivity index (χ3n) is 1.99. The molecule has 4 nitrogen and oxygen atoms in total. The van der Waals surface area contributed by atoms with Gasteiger partial charge in [-0.25, -0.2) is 0 Å². The van der Waals surface area contributed by atoms with Crippen LogP contribution >= 0.6 is 7.60 Å². The maximum absolute atomic E-state index is 10.8. The SMILES string of the molecule is CCN(CC)CC(C)P(=O)(O)O. The quantitative estimate of drug-likeness (QED) is 0.640. The second-order valence-electron chi connectivity index (χ2n) is 2.92. The summed E-state index contributed by atoms with van der Waals surface area (Å²) >= 11 is 0. The van der Waals surface area contributed by atoms with Crippen LogP contribution in [-0.4, -0.2) is 40.0 Å². The van der Waals surface area contributed by atoms with Gasteiger partial charge < -0.3 is 14.7 Å². The van der Waals surface area contributed by atoms with Crippen molar-refractivity contribution in [3.05, 3.63) is 0 Å². The first-order chi connectivity index (χ1) is 5.41. The molecule has 0 aromatic heterocycles. The van der Waals surface area contributed by atoms with Gasteiger partial charge in [-0.15, -0.1) is 0 Å². The molecular weight excluding hydrogens is 177 g/mol. The van der Waals surface area contributed by atoms with Crippen LogP contribution in [0.1, 0.15) is 20.8 Å². The fraction of sp³-hybridized carbons (Fsp3) is 1.00. The Morgan fingerprint density at radius 2 is 1.75 bits per heavy atom. The molecule has 0 aromatic carbocycles. The zero-order valence-electron chi connectivity index (χ0n) is 7.90. The highest BCUT2D eigenvalue weighted by Gasteiger charge is 2.24. The summed E-state index contributed by atoms with van der Waals surface area (Å²) in [5.74, 6) is 0. The predicted molar refractivity (Wildman–Crippen MR) is 49.3 cm³/mol. The number of rotatable bonds is 5. The van der Waals surface area contributed by atoms with Gasteiger partial charge in [0.25, 0.3) is 0 Å². The van der Waals surface area contributed by atoms with Crippen molar-refractivity contribution in [1.29, 1.82) is 0 Å². The normalized spacial score (nSPS) is 15.2. The first-order valence-corrected chi connectivity index (χ1v) is 5.87. The number of hydrogen-bond donors (Lipinski definition) is 2. The van der Waals surface area contributed by atoms with Gasteiger partial charge in [-0.05, 0) is 20.0 Å². The van der Waals surface area contributed by atoms with Crippen LogP contribution in [0.5, 0.6) is 0 Å². The Morgan fingerprint density at radius 3 is 2.00 bits per heavy atom. The van der Waals surface area contributed by atoms with Gasteiger partial charge in [-0.3, -0.25) is 4.57 Å². The molecule has 1 unspecified atom stereocenters. The first-order valence-electron chi connectivity index (χ1n) is 4.19. The lowest BCUT2D eigenvalue weighted by Crippen LogP contribution is -2.30. The van der Waals surface area contributed by atoms with Gasteiger partial charge in [0.05, 0.1) is 5.66 Å². The molecule has 0 fully saturated rings. The fourth-order valence-corrected chi connectivity index (χ4v) is 1.41. The second kappa shape index (κ2) is 4.97. The Morgan fingerprint density at radius 1 is 1.33 bits per heavy atom. The van der Waals surface area contributed by atoms with Crippen LogP contribution in [0.4, 0.5) is 0 Å². The Balaban J connectivity index is 3.98. The maximum Gasteiger partial charge on any atom is 0.329 e. The van der Waals surface area contributed by atoms with Gasteiger partial charge in [0.15, 0.2) is 0 Å². The van der Waals surface area contributed by atoms with E-state index in [9.17, 15) is 4.57 Å². The summed E-state index contributed by atoms with van der Waals surface area (Å²) in [6, 6.07) is 0. The van der Waals surface area contributed by atoms with E-state index in [0.29, 0.717) is 6.54 Å². The van der Waals surface area contributed by atoms with Crippen LogP contribution in [0.2, 0.25) is 0 Å². The van der Waals surface area contributed by atoms with Gasteiger partial charge in [-0.1, -0.05) is 13.8 Å². The van der Waals surface area contributed by atoms with Crippen molar-refractivity contribution in [3.8, 4) is 0 Å². The largest absolute Gasteiger partial charge is 0.329 e.